The third kappa shape index (κ3) is 3.91. The van der Waals surface area contributed by atoms with E-state index >= 15 is 0 Å². The Morgan fingerprint density at radius 1 is 1.21 bits per heavy atom. The number of urea groups is 1. The molecule has 0 fully saturated rings. The first kappa shape index (κ1) is 22.3. The maximum absolute atomic E-state index is 13.9. The maximum atomic E-state index is 13.9. The number of carbonyl (C=O) groups is 3. The van der Waals surface area contributed by atoms with E-state index in [0.717, 1.165) is 16.7 Å². The minimum Gasteiger partial charge on any atom is -0.357 e. The lowest BCUT2D eigenvalue weighted by Gasteiger charge is -2.33. The molecule has 0 aliphatic carbocycles. The van der Waals surface area contributed by atoms with Gasteiger partial charge in [-0.2, -0.15) is 0 Å². The van der Waals surface area contributed by atoms with Crippen molar-refractivity contribution in [3.8, 4) is 0 Å². The van der Waals surface area contributed by atoms with Gasteiger partial charge in [0.25, 0.3) is 5.91 Å². The van der Waals surface area contributed by atoms with Crippen LogP contribution in [0.1, 0.15) is 34.3 Å². The van der Waals surface area contributed by atoms with Gasteiger partial charge in [-0.3, -0.25) is 14.5 Å². The molecule has 2 aliphatic rings. The lowest BCUT2D eigenvalue weighted by Crippen LogP contribution is -2.47. The van der Waals surface area contributed by atoms with Crippen molar-refractivity contribution in [2.24, 2.45) is 0 Å². The molecule has 2 unspecified atom stereocenters. The summed E-state index contributed by atoms with van der Waals surface area (Å²) in [6.45, 7) is 8.16. The summed E-state index contributed by atoms with van der Waals surface area (Å²) < 4.78 is 0. The van der Waals surface area contributed by atoms with Crippen molar-refractivity contribution in [1.29, 1.82) is 0 Å². The predicted octanol–water partition coefficient (Wildman–Crippen LogP) is 3.14. The highest BCUT2D eigenvalue weighted by Crippen LogP contribution is 2.40. The van der Waals surface area contributed by atoms with Crippen molar-refractivity contribution < 1.29 is 14.4 Å². The van der Waals surface area contributed by atoms with Gasteiger partial charge < -0.3 is 15.5 Å². The van der Waals surface area contributed by atoms with Crippen molar-refractivity contribution in [2.45, 2.75) is 25.9 Å². The molecule has 2 aliphatic heterocycles. The predicted molar refractivity (Wildman–Crippen MR) is 126 cm³/mol. The number of hydrogen-bond donors (Lipinski definition) is 2. The standard InChI is InChI=1S/C26H28N4O3/c1-5-13-29-20-15-30(23(24(31)27-4)18-9-7-6-8-10-18)25(32)21(20)22(28-26(29)33)19-12-11-16(2)14-17(19)3/h5-12,14,22-23H,1,13,15H2,2-4H3,(H,27,31)(H,28,33). The zero-order valence-corrected chi connectivity index (χ0v) is 19.1. The van der Waals surface area contributed by atoms with E-state index < -0.39 is 12.1 Å². The number of carbonyl (C=O) groups excluding carboxylic acids is 3. The van der Waals surface area contributed by atoms with Crippen LogP contribution in [0.3, 0.4) is 0 Å². The maximum Gasteiger partial charge on any atom is 0.322 e. The molecule has 4 rings (SSSR count). The normalized spacial score (nSPS) is 18.7. The third-order valence-corrected chi connectivity index (χ3v) is 6.22. The van der Waals surface area contributed by atoms with Crippen LogP contribution in [0.25, 0.3) is 0 Å². The van der Waals surface area contributed by atoms with Crippen LogP contribution in [0.5, 0.6) is 0 Å². The summed E-state index contributed by atoms with van der Waals surface area (Å²) in [5.74, 6) is -0.548. The number of nitrogens with zero attached hydrogens (tertiary/aromatic N) is 2. The Hall–Kier alpha value is -3.87. The fraction of sp³-hybridized carbons (Fsp3) is 0.269. The van der Waals surface area contributed by atoms with Gasteiger partial charge >= 0.3 is 6.03 Å². The van der Waals surface area contributed by atoms with Crippen molar-refractivity contribution >= 4 is 17.8 Å². The van der Waals surface area contributed by atoms with Gasteiger partial charge in [0.05, 0.1) is 23.9 Å². The summed E-state index contributed by atoms with van der Waals surface area (Å²) in [4.78, 5) is 42.9. The van der Waals surface area contributed by atoms with E-state index in [9.17, 15) is 14.4 Å². The van der Waals surface area contributed by atoms with Crippen LogP contribution in [0, 0.1) is 13.8 Å². The van der Waals surface area contributed by atoms with E-state index in [-0.39, 0.29) is 30.9 Å². The van der Waals surface area contributed by atoms with Crippen LogP contribution < -0.4 is 10.6 Å². The Morgan fingerprint density at radius 2 is 1.94 bits per heavy atom. The van der Waals surface area contributed by atoms with Crippen LogP contribution in [0.4, 0.5) is 4.79 Å². The minimum atomic E-state index is -0.810. The van der Waals surface area contributed by atoms with Gasteiger partial charge in [-0.25, -0.2) is 4.79 Å². The van der Waals surface area contributed by atoms with Crippen molar-refractivity contribution in [2.75, 3.05) is 20.1 Å². The van der Waals surface area contributed by atoms with Crippen LogP contribution in [0.2, 0.25) is 0 Å². The Labute approximate surface area is 193 Å². The highest BCUT2D eigenvalue weighted by molar-refractivity contribution is 6.04. The average molecular weight is 445 g/mol. The first-order valence-electron chi connectivity index (χ1n) is 10.9. The number of aryl methyl sites for hydroxylation is 2. The van der Waals surface area contributed by atoms with E-state index in [1.807, 2.05) is 62.4 Å². The first-order valence-corrected chi connectivity index (χ1v) is 10.9. The van der Waals surface area contributed by atoms with Gasteiger partial charge in [0.2, 0.25) is 5.91 Å². The Bertz CT molecular complexity index is 1160. The number of amides is 4. The molecule has 170 valence electrons. The molecule has 2 N–H and O–H groups in total. The molecule has 0 spiro atoms. The smallest absolute Gasteiger partial charge is 0.322 e. The second-order valence-corrected chi connectivity index (χ2v) is 8.36. The zero-order chi connectivity index (χ0) is 23.7. The molecule has 2 aromatic rings. The summed E-state index contributed by atoms with van der Waals surface area (Å²) >= 11 is 0. The summed E-state index contributed by atoms with van der Waals surface area (Å²) in [7, 11) is 1.56. The molecule has 0 bridgehead atoms. The van der Waals surface area contributed by atoms with Crippen molar-refractivity contribution in [3.63, 3.8) is 0 Å². The van der Waals surface area contributed by atoms with Gasteiger partial charge in [-0.05, 0) is 30.5 Å². The van der Waals surface area contributed by atoms with Gasteiger partial charge in [-0.15, -0.1) is 6.58 Å². The quantitative estimate of drug-likeness (QED) is 0.672. The molecule has 0 aromatic heterocycles. The number of benzene rings is 2. The van der Waals surface area contributed by atoms with Crippen molar-refractivity contribution in [3.05, 3.63) is 94.7 Å². The topological polar surface area (TPSA) is 81.8 Å². The molecular weight excluding hydrogens is 416 g/mol. The van der Waals surface area contributed by atoms with Gasteiger partial charge in [0.1, 0.15) is 6.04 Å². The molecule has 4 amide bonds. The van der Waals surface area contributed by atoms with Gasteiger partial charge in [0, 0.05) is 13.6 Å². The highest BCUT2D eigenvalue weighted by Gasteiger charge is 2.47. The molecule has 33 heavy (non-hydrogen) atoms. The monoisotopic (exact) mass is 444 g/mol. The Kier molecular flexibility index (Phi) is 6.05. The molecule has 0 saturated carbocycles. The van der Waals surface area contributed by atoms with E-state index in [1.54, 1.807) is 18.0 Å². The lowest BCUT2D eigenvalue weighted by molar-refractivity contribution is -0.136. The average Bonchev–Trinajstić information content (AvgIpc) is 3.13. The molecule has 7 nitrogen and oxygen atoms in total. The summed E-state index contributed by atoms with van der Waals surface area (Å²) in [5.41, 5.74) is 4.77. The van der Waals surface area contributed by atoms with Crippen LogP contribution in [0.15, 0.2) is 72.5 Å². The molecule has 0 saturated heterocycles. The molecule has 2 heterocycles. The summed E-state index contributed by atoms with van der Waals surface area (Å²) in [6.07, 6.45) is 1.63. The van der Waals surface area contributed by atoms with Crippen LogP contribution in [-0.2, 0) is 9.59 Å². The Morgan fingerprint density at radius 3 is 2.58 bits per heavy atom. The van der Waals surface area contributed by atoms with E-state index in [1.165, 1.54) is 4.90 Å². The van der Waals surface area contributed by atoms with E-state index in [4.69, 9.17) is 0 Å². The van der Waals surface area contributed by atoms with Gasteiger partial charge in [0.15, 0.2) is 0 Å². The third-order valence-electron chi connectivity index (χ3n) is 6.22. The molecule has 2 atom stereocenters. The highest BCUT2D eigenvalue weighted by atomic mass is 16.2. The second kappa shape index (κ2) is 8.94. The number of hydrogen-bond acceptors (Lipinski definition) is 3. The van der Waals surface area contributed by atoms with Crippen molar-refractivity contribution in [1.82, 2.24) is 20.4 Å². The van der Waals surface area contributed by atoms with Crippen LogP contribution >= 0.6 is 0 Å². The van der Waals surface area contributed by atoms with Gasteiger partial charge in [-0.1, -0.05) is 60.2 Å². The number of nitrogens with one attached hydrogen (secondary N) is 2. The van der Waals surface area contributed by atoms with E-state index in [2.05, 4.69) is 17.2 Å². The molecule has 0 radical (unpaired) electrons. The molecule has 7 heteroatoms. The fourth-order valence-corrected chi connectivity index (χ4v) is 4.67. The minimum absolute atomic E-state index is 0.157. The number of likely N-dealkylation sites (N-methyl/N-ethyl adjacent to an activating group) is 1. The SMILES string of the molecule is C=CCN1C(=O)NC(c2ccc(C)cc2C)C2=C1CN(C(C(=O)NC)c1ccccc1)C2=O. The molecule has 2 aromatic carbocycles. The number of rotatable bonds is 6. The molecular formula is C26H28N4O3. The summed E-state index contributed by atoms with van der Waals surface area (Å²) in [6, 6.07) is 13.5. The second-order valence-electron chi connectivity index (χ2n) is 8.36. The van der Waals surface area contributed by atoms with Crippen LogP contribution in [-0.4, -0.2) is 47.8 Å². The zero-order valence-electron chi connectivity index (χ0n) is 19.1. The largest absolute Gasteiger partial charge is 0.357 e. The van der Waals surface area contributed by atoms with E-state index in [0.29, 0.717) is 16.8 Å². The Balaban J connectivity index is 1.82. The summed E-state index contributed by atoms with van der Waals surface area (Å²) in [5, 5.41) is 5.69. The fourth-order valence-electron chi connectivity index (χ4n) is 4.67. The lowest BCUT2D eigenvalue weighted by atomic mass is 9.91. The first-order chi connectivity index (χ1) is 15.9.